The first-order valence-electron chi connectivity index (χ1n) is 11.6. The number of likely N-dealkylation sites (tertiary alicyclic amines) is 1. The van der Waals surface area contributed by atoms with E-state index in [2.05, 4.69) is 0 Å². The van der Waals surface area contributed by atoms with Crippen LogP contribution in [0.5, 0.6) is 11.5 Å². The SMILES string of the molecule is COC(=O)c1c(OC[C@H]2CC(=O)N(C)C2)cc(=O)n2c1CCN(Cc1cc(OC)ccc1F)CC2. The van der Waals surface area contributed by atoms with Crippen molar-refractivity contribution in [3.63, 3.8) is 0 Å². The molecule has 0 bridgehead atoms. The lowest BCUT2D eigenvalue weighted by Crippen LogP contribution is -2.29. The molecule has 1 amide bonds. The summed E-state index contributed by atoms with van der Waals surface area (Å²) < 4.78 is 32.1. The number of carbonyl (C=O) groups excluding carboxylic acids is 2. The molecule has 1 fully saturated rings. The van der Waals surface area contributed by atoms with Crippen LogP contribution in [0.15, 0.2) is 29.1 Å². The van der Waals surface area contributed by atoms with Crippen molar-refractivity contribution >= 4 is 11.9 Å². The van der Waals surface area contributed by atoms with Crippen LogP contribution in [-0.2, 0) is 29.0 Å². The molecule has 188 valence electrons. The second-order valence-electron chi connectivity index (χ2n) is 8.95. The number of pyridine rings is 1. The van der Waals surface area contributed by atoms with Crippen molar-refractivity contribution in [2.75, 3.05) is 47.5 Å². The van der Waals surface area contributed by atoms with E-state index in [9.17, 15) is 18.8 Å². The lowest BCUT2D eigenvalue weighted by Gasteiger charge is -2.20. The lowest BCUT2D eigenvalue weighted by atomic mass is 10.1. The van der Waals surface area contributed by atoms with E-state index in [1.165, 1.54) is 26.4 Å². The van der Waals surface area contributed by atoms with Gasteiger partial charge in [-0.2, -0.15) is 0 Å². The molecule has 4 rings (SSSR count). The van der Waals surface area contributed by atoms with Crippen molar-refractivity contribution in [1.82, 2.24) is 14.4 Å². The molecule has 1 aromatic carbocycles. The number of esters is 1. The standard InChI is InChI=1S/C25H30FN3O6/c1-27-13-16(10-22(27)30)15-35-21-12-23(31)29-9-8-28(7-6-20(29)24(21)25(32)34-3)14-17-11-18(33-2)4-5-19(17)26/h4-5,11-12,16H,6-10,13-15H2,1-3H3/t16-/m0/s1. The monoisotopic (exact) mass is 487 g/mol. The predicted molar refractivity (Wildman–Crippen MR) is 125 cm³/mol. The largest absolute Gasteiger partial charge is 0.497 e. The molecule has 2 aliphatic rings. The Labute approximate surface area is 203 Å². The number of amides is 1. The van der Waals surface area contributed by atoms with E-state index >= 15 is 0 Å². The number of nitrogens with zero attached hydrogens (tertiary/aromatic N) is 3. The van der Waals surface area contributed by atoms with Gasteiger partial charge < -0.3 is 23.7 Å². The van der Waals surface area contributed by atoms with E-state index in [0.29, 0.717) is 62.6 Å². The first-order chi connectivity index (χ1) is 16.8. The minimum absolute atomic E-state index is 0.0205. The maximum Gasteiger partial charge on any atom is 0.343 e. The molecule has 0 N–H and O–H groups in total. The van der Waals surface area contributed by atoms with Gasteiger partial charge in [-0.25, -0.2) is 9.18 Å². The van der Waals surface area contributed by atoms with Crippen LogP contribution in [0.25, 0.3) is 0 Å². The van der Waals surface area contributed by atoms with E-state index in [4.69, 9.17) is 14.2 Å². The Kier molecular flexibility index (Phi) is 7.39. The molecule has 10 heteroatoms. The number of ether oxygens (including phenoxy) is 3. The van der Waals surface area contributed by atoms with Gasteiger partial charge in [0.2, 0.25) is 5.91 Å². The van der Waals surface area contributed by atoms with Crippen LogP contribution in [-0.4, -0.2) is 73.8 Å². The van der Waals surface area contributed by atoms with Gasteiger partial charge in [-0.3, -0.25) is 14.5 Å². The molecule has 1 aromatic heterocycles. The first kappa shape index (κ1) is 24.7. The Bertz CT molecular complexity index is 1180. The lowest BCUT2D eigenvalue weighted by molar-refractivity contribution is -0.126. The normalized spacial score (nSPS) is 18.2. The quantitative estimate of drug-likeness (QED) is 0.549. The molecule has 35 heavy (non-hydrogen) atoms. The molecule has 0 saturated carbocycles. The summed E-state index contributed by atoms with van der Waals surface area (Å²) in [4.78, 5) is 41.2. The van der Waals surface area contributed by atoms with Crippen LogP contribution in [0.3, 0.4) is 0 Å². The number of fused-ring (bicyclic) bond motifs is 1. The number of hydrogen-bond donors (Lipinski definition) is 0. The minimum Gasteiger partial charge on any atom is -0.497 e. The molecule has 2 aliphatic heterocycles. The van der Waals surface area contributed by atoms with Crippen molar-refractivity contribution in [3.05, 3.63) is 57.3 Å². The van der Waals surface area contributed by atoms with Crippen LogP contribution in [0, 0.1) is 11.7 Å². The number of aromatic nitrogens is 1. The fourth-order valence-corrected chi connectivity index (χ4v) is 4.70. The molecule has 9 nitrogen and oxygen atoms in total. The summed E-state index contributed by atoms with van der Waals surface area (Å²) in [5.41, 5.74) is 0.972. The Hall–Kier alpha value is -3.40. The van der Waals surface area contributed by atoms with Gasteiger partial charge in [0.15, 0.2) is 0 Å². The third-order valence-corrected chi connectivity index (χ3v) is 6.62. The number of hydrogen-bond acceptors (Lipinski definition) is 7. The molecule has 1 atom stereocenters. The summed E-state index contributed by atoms with van der Waals surface area (Å²) in [6.07, 6.45) is 0.747. The highest BCUT2D eigenvalue weighted by Crippen LogP contribution is 2.27. The molecule has 0 unspecified atom stereocenters. The third-order valence-electron chi connectivity index (χ3n) is 6.62. The van der Waals surface area contributed by atoms with E-state index in [0.717, 1.165) is 0 Å². The van der Waals surface area contributed by atoms with Gasteiger partial charge in [-0.05, 0) is 18.2 Å². The Balaban J connectivity index is 1.57. The number of carbonyl (C=O) groups is 2. The predicted octanol–water partition coefficient (Wildman–Crippen LogP) is 1.70. The van der Waals surface area contributed by atoms with Gasteiger partial charge in [0.05, 0.1) is 20.8 Å². The molecule has 0 aliphatic carbocycles. The Morgan fingerprint density at radius 3 is 2.63 bits per heavy atom. The fraction of sp³-hybridized carbons (Fsp3) is 0.480. The van der Waals surface area contributed by atoms with Crippen molar-refractivity contribution in [2.24, 2.45) is 5.92 Å². The molecular weight excluding hydrogens is 457 g/mol. The second-order valence-corrected chi connectivity index (χ2v) is 8.95. The van der Waals surface area contributed by atoms with Gasteiger partial charge >= 0.3 is 5.97 Å². The first-order valence-corrected chi connectivity index (χ1v) is 11.6. The summed E-state index contributed by atoms with van der Waals surface area (Å²) in [6.45, 7) is 2.46. The highest BCUT2D eigenvalue weighted by molar-refractivity contribution is 5.93. The van der Waals surface area contributed by atoms with Crippen LogP contribution < -0.4 is 15.0 Å². The topological polar surface area (TPSA) is 90.3 Å². The molecule has 1 saturated heterocycles. The summed E-state index contributed by atoms with van der Waals surface area (Å²) in [5, 5.41) is 0. The zero-order valence-electron chi connectivity index (χ0n) is 20.2. The van der Waals surface area contributed by atoms with Crippen LogP contribution in [0.2, 0.25) is 0 Å². The van der Waals surface area contributed by atoms with Crippen LogP contribution in [0.1, 0.15) is 28.0 Å². The van der Waals surface area contributed by atoms with Gasteiger partial charge in [0.1, 0.15) is 22.9 Å². The van der Waals surface area contributed by atoms with E-state index < -0.39 is 5.97 Å². The van der Waals surface area contributed by atoms with E-state index in [1.54, 1.807) is 28.6 Å². The summed E-state index contributed by atoms with van der Waals surface area (Å²) in [5.74, 6) is -0.153. The van der Waals surface area contributed by atoms with E-state index in [-0.39, 0.29) is 41.1 Å². The number of halogens is 1. The van der Waals surface area contributed by atoms with Crippen LogP contribution >= 0.6 is 0 Å². The van der Waals surface area contributed by atoms with Gasteiger partial charge in [0.25, 0.3) is 5.56 Å². The van der Waals surface area contributed by atoms with Gasteiger partial charge in [-0.1, -0.05) is 0 Å². The Morgan fingerprint density at radius 1 is 1.14 bits per heavy atom. The van der Waals surface area contributed by atoms with Crippen molar-refractivity contribution in [1.29, 1.82) is 0 Å². The highest BCUT2D eigenvalue weighted by atomic mass is 19.1. The second kappa shape index (κ2) is 10.5. The maximum absolute atomic E-state index is 14.4. The molecule has 0 radical (unpaired) electrons. The van der Waals surface area contributed by atoms with Crippen molar-refractivity contribution in [2.45, 2.75) is 25.9 Å². The number of benzene rings is 1. The minimum atomic E-state index is -0.587. The summed E-state index contributed by atoms with van der Waals surface area (Å²) in [7, 11) is 4.55. The average Bonchev–Trinajstić information content (AvgIpc) is 3.03. The zero-order valence-corrected chi connectivity index (χ0v) is 20.2. The Morgan fingerprint density at radius 2 is 1.94 bits per heavy atom. The zero-order chi connectivity index (χ0) is 25.1. The highest BCUT2D eigenvalue weighted by Gasteiger charge is 2.30. The fourth-order valence-electron chi connectivity index (χ4n) is 4.70. The van der Waals surface area contributed by atoms with Crippen molar-refractivity contribution < 1.29 is 28.2 Å². The number of methoxy groups -OCH3 is 2. The number of rotatable bonds is 7. The molecule has 3 heterocycles. The van der Waals surface area contributed by atoms with Crippen LogP contribution in [0.4, 0.5) is 4.39 Å². The smallest absolute Gasteiger partial charge is 0.343 e. The summed E-state index contributed by atoms with van der Waals surface area (Å²) in [6, 6.07) is 5.92. The summed E-state index contributed by atoms with van der Waals surface area (Å²) >= 11 is 0. The van der Waals surface area contributed by atoms with Gasteiger partial charge in [-0.15, -0.1) is 0 Å². The maximum atomic E-state index is 14.4. The molecular formula is C25H30FN3O6. The average molecular weight is 488 g/mol. The van der Waals surface area contributed by atoms with Gasteiger partial charge in [0, 0.05) is 75.9 Å². The molecule has 2 aromatic rings. The van der Waals surface area contributed by atoms with Crippen molar-refractivity contribution in [3.8, 4) is 11.5 Å². The third kappa shape index (κ3) is 5.32. The molecule has 0 spiro atoms. The van der Waals surface area contributed by atoms with E-state index in [1.807, 2.05) is 4.90 Å².